The van der Waals surface area contributed by atoms with E-state index in [0.717, 1.165) is 0 Å². The summed E-state index contributed by atoms with van der Waals surface area (Å²) in [4.78, 5) is 17.4. The van der Waals surface area contributed by atoms with Gasteiger partial charge in [0.1, 0.15) is 0 Å². The Morgan fingerprint density at radius 3 is 2.65 bits per heavy atom. The van der Waals surface area contributed by atoms with Gasteiger partial charge in [0.25, 0.3) is 0 Å². The van der Waals surface area contributed by atoms with Gasteiger partial charge in [-0.2, -0.15) is 4.31 Å². The molecule has 3 aromatic rings. The largest absolute Gasteiger partial charge is 0.356 e. The van der Waals surface area contributed by atoms with Crippen LogP contribution in [0.1, 0.15) is 12.8 Å². The molecule has 1 aromatic carbocycles. The Morgan fingerprint density at radius 2 is 1.97 bits per heavy atom. The zero-order valence-corrected chi connectivity index (χ0v) is 19.7. The second-order valence-corrected chi connectivity index (χ2v) is 11.0. The Morgan fingerprint density at radius 1 is 1.23 bits per heavy atom. The van der Waals surface area contributed by atoms with E-state index in [0.29, 0.717) is 52.4 Å². The van der Waals surface area contributed by atoms with Gasteiger partial charge in [-0.1, -0.05) is 23.2 Å². The Balaban J connectivity index is 1.38. The second kappa shape index (κ2) is 8.91. The molecule has 1 N–H and O–H groups in total. The molecule has 0 radical (unpaired) electrons. The summed E-state index contributed by atoms with van der Waals surface area (Å²) in [5.41, 5.74) is 1.34. The number of hydrogen-bond donors (Lipinski definition) is 1. The van der Waals surface area contributed by atoms with Gasteiger partial charge in [0.05, 0.1) is 15.6 Å². The van der Waals surface area contributed by atoms with Gasteiger partial charge in [-0.25, -0.2) is 13.4 Å². The smallest absolute Gasteiger partial charge is 0.244 e. The van der Waals surface area contributed by atoms with Crippen molar-refractivity contribution in [3.05, 3.63) is 52.1 Å². The summed E-state index contributed by atoms with van der Waals surface area (Å²) in [6.45, 7) is 0.604. The first-order chi connectivity index (χ1) is 14.7. The molecule has 1 aliphatic rings. The maximum Gasteiger partial charge on any atom is 0.244 e. The summed E-state index contributed by atoms with van der Waals surface area (Å²) < 4.78 is 28.6. The van der Waals surface area contributed by atoms with Crippen LogP contribution in [0.5, 0.6) is 0 Å². The van der Waals surface area contributed by atoms with Crippen molar-refractivity contribution < 1.29 is 13.2 Å². The number of rotatable bonds is 5. The van der Waals surface area contributed by atoms with Crippen LogP contribution in [0.25, 0.3) is 11.3 Å². The van der Waals surface area contributed by atoms with E-state index >= 15 is 0 Å². The van der Waals surface area contributed by atoms with E-state index in [9.17, 15) is 13.2 Å². The standard InChI is InChI=1S/C20H20Cl2N4O3S2/c1-25-7-6-15(11-25)31(28,29)26-8-4-13(5-9-26)19(27)24-20-23-18(12-30-20)16-10-14(21)2-3-17(16)22/h2-3,6-7,10-13H,4-5,8-9H2,1H3,(H,23,24,27). The highest BCUT2D eigenvalue weighted by Gasteiger charge is 2.32. The molecule has 0 unspecified atom stereocenters. The minimum Gasteiger partial charge on any atom is -0.356 e. The molecular formula is C20H20Cl2N4O3S2. The lowest BCUT2D eigenvalue weighted by Crippen LogP contribution is -2.41. The number of anilines is 1. The molecular weight excluding hydrogens is 479 g/mol. The fourth-order valence-corrected chi connectivity index (χ4v) is 6.12. The van der Waals surface area contributed by atoms with E-state index < -0.39 is 10.0 Å². The highest BCUT2D eigenvalue weighted by atomic mass is 35.5. The molecule has 0 spiro atoms. The first kappa shape index (κ1) is 22.3. The molecule has 1 fully saturated rings. The topological polar surface area (TPSA) is 84.3 Å². The van der Waals surface area contributed by atoms with Crippen molar-refractivity contribution in [3.63, 3.8) is 0 Å². The lowest BCUT2D eigenvalue weighted by atomic mass is 9.97. The van der Waals surface area contributed by atoms with Crippen molar-refractivity contribution in [2.45, 2.75) is 17.7 Å². The van der Waals surface area contributed by atoms with Gasteiger partial charge in [-0.05, 0) is 37.1 Å². The van der Waals surface area contributed by atoms with E-state index in [4.69, 9.17) is 23.2 Å². The van der Waals surface area contributed by atoms with E-state index in [1.807, 2.05) is 5.38 Å². The zero-order valence-electron chi connectivity index (χ0n) is 16.6. The zero-order chi connectivity index (χ0) is 22.2. The average Bonchev–Trinajstić information content (AvgIpc) is 3.39. The highest BCUT2D eigenvalue weighted by Crippen LogP contribution is 2.33. The summed E-state index contributed by atoms with van der Waals surface area (Å²) in [5, 5.41) is 6.20. The third-order valence-corrected chi connectivity index (χ3v) is 8.41. The summed E-state index contributed by atoms with van der Waals surface area (Å²) in [7, 11) is -1.76. The molecule has 3 heterocycles. The minimum absolute atomic E-state index is 0.158. The second-order valence-electron chi connectivity index (χ2n) is 7.34. The third kappa shape index (κ3) is 4.80. The predicted octanol–water partition coefficient (Wildman–Crippen LogP) is 4.49. The molecule has 4 rings (SSSR count). The number of hydrogen-bond acceptors (Lipinski definition) is 5. The average molecular weight is 499 g/mol. The lowest BCUT2D eigenvalue weighted by molar-refractivity contribution is -0.120. The number of carbonyl (C=O) groups excluding carboxylic acids is 1. The molecule has 31 heavy (non-hydrogen) atoms. The molecule has 164 valence electrons. The van der Waals surface area contributed by atoms with E-state index in [1.165, 1.54) is 15.6 Å². The van der Waals surface area contributed by atoms with E-state index in [2.05, 4.69) is 10.3 Å². The highest BCUT2D eigenvalue weighted by molar-refractivity contribution is 7.89. The third-order valence-electron chi connectivity index (χ3n) is 5.21. The van der Waals surface area contributed by atoms with Crippen LogP contribution in [0.15, 0.2) is 46.9 Å². The number of halogens is 2. The molecule has 2 aromatic heterocycles. The van der Waals surface area contributed by atoms with Crippen LogP contribution in [0.4, 0.5) is 5.13 Å². The molecule has 0 aliphatic carbocycles. The fraction of sp³-hybridized carbons (Fsp3) is 0.300. The monoisotopic (exact) mass is 498 g/mol. The molecule has 11 heteroatoms. The van der Waals surface area contributed by atoms with Crippen LogP contribution >= 0.6 is 34.5 Å². The van der Waals surface area contributed by atoms with Gasteiger partial charge in [0.15, 0.2) is 5.13 Å². The first-order valence-electron chi connectivity index (χ1n) is 9.58. The molecule has 1 amide bonds. The van der Waals surface area contributed by atoms with Crippen molar-refractivity contribution in [1.29, 1.82) is 0 Å². The number of thiazole rings is 1. The van der Waals surface area contributed by atoms with Crippen LogP contribution in [0.2, 0.25) is 10.0 Å². The van der Waals surface area contributed by atoms with Gasteiger partial charge >= 0.3 is 0 Å². The van der Waals surface area contributed by atoms with Crippen molar-refractivity contribution >= 4 is 55.6 Å². The van der Waals surface area contributed by atoms with Crippen molar-refractivity contribution in [2.75, 3.05) is 18.4 Å². The molecule has 0 atom stereocenters. The number of amides is 1. The van der Waals surface area contributed by atoms with Gasteiger partial charge in [0, 0.05) is 54.4 Å². The first-order valence-corrected chi connectivity index (χ1v) is 12.7. The fourth-order valence-electron chi connectivity index (χ4n) is 3.49. The summed E-state index contributed by atoms with van der Waals surface area (Å²) in [5.74, 6) is -0.431. The van der Waals surface area contributed by atoms with Gasteiger partial charge < -0.3 is 9.88 Å². The van der Waals surface area contributed by atoms with Crippen molar-refractivity contribution in [1.82, 2.24) is 13.9 Å². The number of nitrogens with one attached hydrogen (secondary N) is 1. The molecule has 1 saturated heterocycles. The van der Waals surface area contributed by atoms with Gasteiger partial charge in [-0.15, -0.1) is 11.3 Å². The minimum atomic E-state index is -3.54. The van der Waals surface area contributed by atoms with E-state index in [-0.39, 0.29) is 16.7 Å². The van der Waals surface area contributed by atoms with Crippen LogP contribution < -0.4 is 5.32 Å². The van der Waals surface area contributed by atoms with Crippen LogP contribution in [-0.4, -0.2) is 41.3 Å². The molecule has 0 saturated carbocycles. The number of benzene rings is 1. The predicted molar refractivity (Wildman–Crippen MR) is 123 cm³/mol. The number of sulfonamides is 1. The number of nitrogens with zero attached hydrogens (tertiary/aromatic N) is 3. The molecule has 7 nitrogen and oxygen atoms in total. The Kier molecular flexibility index (Phi) is 6.41. The maximum atomic E-state index is 12.7. The molecule has 0 bridgehead atoms. The maximum absolute atomic E-state index is 12.7. The van der Waals surface area contributed by atoms with Crippen LogP contribution in [0.3, 0.4) is 0 Å². The van der Waals surface area contributed by atoms with Crippen molar-refractivity contribution in [3.8, 4) is 11.3 Å². The van der Waals surface area contributed by atoms with Gasteiger partial charge in [-0.3, -0.25) is 4.79 Å². The lowest BCUT2D eigenvalue weighted by Gasteiger charge is -2.30. The SMILES string of the molecule is Cn1ccc(S(=O)(=O)N2CCC(C(=O)Nc3nc(-c4cc(Cl)ccc4Cl)cs3)CC2)c1. The van der Waals surface area contributed by atoms with Gasteiger partial charge in [0.2, 0.25) is 15.9 Å². The van der Waals surface area contributed by atoms with Crippen LogP contribution in [-0.2, 0) is 21.9 Å². The van der Waals surface area contributed by atoms with Crippen LogP contribution in [0, 0.1) is 5.92 Å². The number of carbonyl (C=O) groups is 1. The Bertz CT molecular complexity index is 1210. The number of aryl methyl sites for hydroxylation is 1. The number of aromatic nitrogens is 2. The van der Waals surface area contributed by atoms with Crippen molar-refractivity contribution in [2.24, 2.45) is 13.0 Å². The normalized spacial score (nSPS) is 15.8. The summed E-state index contributed by atoms with van der Waals surface area (Å²) >= 11 is 13.6. The van der Waals surface area contributed by atoms with E-state index in [1.54, 1.807) is 48.3 Å². The summed E-state index contributed by atoms with van der Waals surface area (Å²) in [6, 6.07) is 6.72. The quantitative estimate of drug-likeness (QED) is 0.561. The Hall–Kier alpha value is -1.91. The number of piperidine rings is 1. The molecule has 1 aliphatic heterocycles. The Labute approximate surface area is 194 Å². The summed E-state index contributed by atoms with van der Waals surface area (Å²) in [6.07, 6.45) is 4.19.